The summed E-state index contributed by atoms with van der Waals surface area (Å²) >= 11 is 0. The molecule has 0 fully saturated rings. The van der Waals surface area contributed by atoms with Gasteiger partial charge in [-0.1, -0.05) is 49.4 Å². The van der Waals surface area contributed by atoms with E-state index in [1.807, 2.05) is 56.3 Å². The molecular formula is C22H31IN4O. The number of hydrogen-bond acceptors (Lipinski definition) is 2. The van der Waals surface area contributed by atoms with Gasteiger partial charge in [-0.3, -0.25) is 4.79 Å². The van der Waals surface area contributed by atoms with Crippen LogP contribution in [-0.4, -0.2) is 24.5 Å². The molecule has 1 unspecified atom stereocenters. The number of benzene rings is 2. The van der Waals surface area contributed by atoms with Crippen LogP contribution in [0.4, 0.5) is 0 Å². The first-order valence-electron chi connectivity index (χ1n) is 9.58. The van der Waals surface area contributed by atoms with Gasteiger partial charge >= 0.3 is 0 Å². The van der Waals surface area contributed by atoms with Crippen LogP contribution in [0.15, 0.2) is 59.6 Å². The summed E-state index contributed by atoms with van der Waals surface area (Å²) in [6.45, 7) is 8.19. The van der Waals surface area contributed by atoms with Crippen molar-refractivity contribution in [1.29, 1.82) is 0 Å². The minimum Gasteiger partial charge on any atom is -0.357 e. The van der Waals surface area contributed by atoms with Crippen molar-refractivity contribution < 1.29 is 4.79 Å². The molecule has 0 aromatic heterocycles. The largest absolute Gasteiger partial charge is 0.357 e. The third-order valence-corrected chi connectivity index (χ3v) is 4.27. The zero-order valence-electron chi connectivity index (χ0n) is 16.9. The number of carbonyl (C=O) groups is 1. The molecule has 0 heterocycles. The van der Waals surface area contributed by atoms with Crippen molar-refractivity contribution in [3.8, 4) is 0 Å². The van der Waals surface area contributed by atoms with Gasteiger partial charge in [0.2, 0.25) is 0 Å². The van der Waals surface area contributed by atoms with Gasteiger partial charge in [-0.15, -0.1) is 24.0 Å². The van der Waals surface area contributed by atoms with Crippen LogP contribution >= 0.6 is 24.0 Å². The van der Waals surface area contributed by atoms with E-state index in [0.29, 0.717) is 18.7 Å². The summed E-state index contributed by atoms with van der Waals surface area (Å²) in [4.78, 5) is 16.8. The summed E-state index contributed by atoms with van der Waals surface area (Å²) in [7, 11) is 0. The maximum Gasteiger partial charge on any atom is 0.251 e. The van der Waals surface area contributed by atoms with Gasteiger partial charge in [0.1, 0.15) is 0 Å². The minimum absolute atomic E-state index is 0. The van der Waals surface area contributed by atoms with Crippen molar-refractivity contribution in [2.45, 2.75) is 46.3 Å². The fourth-order valence-corrected chi connectivity index (χ4v) is 2.46. The van der Waals surface area contributed by atoms with Crippen LogP contribution in [0.3, 0.4) is 0 Å². The molecule has 28 heavy (non-hydrogen) atoms. The summed E-state index contributed by atoms with van der Waals surface area (Å²) in [5, 5.41) is 9.57. The van der Waals surface area contributed by atoms with Crippen molar-refractivity contribution in [3.05, 3.63) is 71.3 Å². The van der Waals surface area contributed by atoms with E-state index in [1.54, 1.807) is 0 Å². The van der Waals surface area contributed by atoms with E-state index < -0.39 is 0 Å². The third-order valence-electron chi connectivity index (χ3n) is 4.27. The molecule has 0 aliphatic heterocycles. The topological polar surface area (TPSA) is 65.5 Å². The highest BCUT2D eigenvalue weighted by Gasteiger charge is 2.08. The second-order valence-corrected chi connectivity index (χ2v) is 6.51. The van der Waals surface area contributed by atoms with Crippen molar-refractivity contribution in [1.82, 2.24) is 16.0 Å². The molecule has 1 atom stereocenters. The first-order valence-corrected chi connectivity index (χ1v) is 9.58. The van der Waals surface area contributed by atoms with Gasteiger partial charge in [0.25, 0.3) is 5.91 Å². The molecule has 0 bridgehead atoms. The Kier molecular flexibility index (Phi) is 11.2. The molecule has 1 amide bonds. The number of amides is 1. The maximum absolute atomic E-state index is 12.1. The summed E-state index contributed by atoms with van der Waals surface area (Å²) in [6.07, 6.45) is 0.920. The van der Waals surface area contributed by atoms with E-state index in [1.165, 1.54) is 5.56 Å². The standard InChI is InChI=1S/C22H30N4O.HI/c1-4-17(3)26-21(27)20-13-11-19(12-14-20)16-25-22(23-5-2)24-15-18-9-7-6-8-10-18;/h6-14,17H,4-5,15-16H2,1-3H3,(H,26,27)(H2,23,24,25);1H. The second-order valence-electron chi connectivity index (χ2n) is 6.51. The molecule has 2 aromatic rings. The Morgan fingerprint density at radius 3 is 2.25 bits per heavy atom. The highest BCUT2D eigenvalue weighted by molar-refractivity contribution is 14.0. The predicted octanol–water partition coefficient (Wildman–Crippen LogP) is 4.09. The molecule has 0 aliphatic carbocycles. The van der Waals surface area contributed by atoms with Crippen molar-refractivity contribution >= 4 is 35.8 Å². The van der Waals surface area contributed by atoms with Crippen molar-refractivity contribution in [2.75, 3.05) is 6.54 Å². The Morgan fingerprint density at radius 1 is 0.964 bits per heavy atom. The zero-order chi connectivity index (χ0) is 19.5. The van der Waals surface area contributed by atoms with Crippen LogP contribution in [0.2, 0.25) is 0 Å². The average Bonchev–Trinajstić information content (AvgIpc) is 2.71. The van der Waals surface area contributed by atoms with E-state index in [0.717, 1.165) is 24.5 Å². The number of nitrogens with zero attached hydrogens (tertiary/aromatic N) is 1. The highest BCUT2D eigenvalue weighted by Crippen LogP contribution is 2.06. The lowest BCUT2D eigenvalue weighted by atomic mass is 10.1. The fraction of sp³-hybridized carbons (Fsp3) is 0.364. The Hall–Kier alpha value is -2.09. The second kappa shape index (κ2) is 13.1. The van der Waals surface area contributed by atoms with E-state index >= 15 is 0 Å². The number of nitrogens with one attached hydrogen (secondary N) is 3. The first-order chi connectivity index (χ1) is 13.1. The predicted molar refractivity (Wildman–Crippen MR) is 127 cm³/mol. The summed E-state index contributed by atoms with van der Waals surface area (Å²) in [5.41, 5.74) is 2.95. The van der Waals surface area contributed by atoms with E-state index in [-0.39, 0.29) is 35.9 Å². The van der Waals surface area contributed by atoms with Gasteiger partial charge in [0.05, 0.1) is 6.54 Å². The van der Waals surface area contributed by atoms with Gasteiger partial charge in [0.15, 0.2) is 5.96 Å². The molecule has 0 aliphatic rings. The van der Waals surface area contributed by atoms with Gasteiger partial charge in [0, 0.05) is 24.7 Å². The van der Waals surface area contributed by atoms with Crippen LogP contribution in [0.25, 0.3) is 0 Å². The zero-order valence-corrected chi connectivity index (χ0v) is 19.2. The van der Waals surface area contributed by atoms with Crippen LogP contribution < -0.4 is 16.0 Å². The Labute approximate surface area is 185 Å². The molecule has 152 valence electrons. The molecule has 0 spiro atoms. The summed E-state index contributed by atoms with van der Waals surface area (Å²) < 4.78 is 0. The molecule has 0 radical (unpaired) electrons. The number of carbonyl (C=O) groups excluding carboxylic acids is 1. The van der Waals surface area contributed by atoms with Gasteiger partial charge in [-0.2, -0.15) is 0 Å². The molecule has 3 N–H and O–H groups in total. The Balaban J connectivity index is 0.00000392. The number of rotatable bonds is 8. The first kappa shape index (κ1) is 23.9. The number of aliphatic imine (C=N–C) groups is 1. The van der Waals surface area contributed by atoms with Crippen molar-refractivity contribution in [3.63, 3.8) is 0 Å². The molecule has 0 saturated heterocycles. The average molecular weight is 494 g/mol. The molecule has 6 heteroatoms. The summed E-state index contributed by atoms with van der Waals surface area (Å²) in [6, 6.07) is 18.0. The molecular weight excluding hydrogens is 463 g/mol. The van der Waals surface area contributed by atoms with Gasteiger partial charge in [-0.25, -0.2) is 4.99 Å². The lowest BCUT2D eigenvalue weighted by Gasteiger charge is -2.13. The van der Waals surface area contributed by atoms with E-state index in [9.17, 15) is 4.79 Å². The Morgan fingerprint density at radius 2 is 1.64 bits per heavy atom. The fourth-order valence-electron chi connectivity index (χ4n) is 2.46. The monoisotopic (exact) mass is 494 g/mol. The normalized spacial score (nSPS) is 11.9. The van der Waals surface area contributed by atoms with Crippen molar-refractivity contribution in [2.24, 2.45) is 4.99 Å². The van der Waals surface area contributed by atoms with Crippen LogP contribution in [0.5, 0.6) is 0 Å². The lowest BCUT2D eigenvalue weighted by molar-refractivity contribution is 0.0939. The number of guanidine groups is 1. The lowest BCUT2D eigenvalue weighted by Crippen LogP contribution is -2.36. The van der Waals surface area contributed by atoms with Crippen LogP contribution in [-0.2, 0) is 13.1 Å². The van der Waals surface area contributed by atoms with Gasteiger partial charge in [-0.05, 0) is 43.5 Å². The maximum atomic E-state index is 12.1. The smallest absolute Gasteiger partial charge is 0.251 e. The summed E-state index contributed by atoms with van der Waals surface area (Å²) in [5.74, 6) is 0.751. The number of hydrogen-bond donors (Lipinski definition) is 3. The highest BCUT2D eigenvalue weighted by atomic mass is 127. The van der Waals surface area contributed by atoms with E-state index in [2.05, 4.69) is 40.0 Å². The SMILES string of the molecule is CCNC(=NCc1ccccc1)NCc1ccc(C(=O)NC(C)CC)cc1.I. The quantitative estimate of drug-likeness (QED) is 0.294. The third kappa shape index (κ3) is 8.29. The van der Waals surface area contributed by atoms with Crippen LogP contribution in [0, 0.1) is 0 Å². The molecule has 2 aromatic carbocycles. The minimum atomic E-state index is -0.0263. The molecule has 0 saturated carbocycles. The molecule has 5 nitrogen and oxygen atoms in total. The van der Waals surface area contributed by atoms with Crippen LogP contribution in [0.1, 0.15) is 48.7 Å². The van der Waals surface area contributed by atoms with Gasteiger partial charge < -0.3 is 16.0 Å². The molecule has 2 rings (SSSR count). The van der Waals surface area contributed by atoms with E-state index in [4.69, 9.17) is 0 Å². The number of halogens is 1. The Bertz CT molecular complexity index is 732.